The molecule has 9 nitrogen and oxygen atoms in total. The van der Waals surface area contributed by atoms with E-state index in [4.69, 9.17) is 27.2 Å². The first-order valence-electron chi connectivity index (χ1n) is 15.2. The zero-order valence-electron chi connectivity index (χ0n) is 26.5. The third kappa shape index (κ3) is 7.60. The SMILES string of the molecule is COc1cc(N)c(Cl)cc1C(=O)N1CCC(Cc2cccc(NC(=O)Nc3cc(C(C)(C)C)nn3-c3ccc(C)cc3)c2)CC1. The van der Waals surface area contributed by atoms with Gasteiger partial charge in [0, 0.05) is 36.3 Å². The first-order chi connectivity index (χ1) is 21.4. The van der Waals surface area contributed by atoms with Gasteiger partial charge < -0.3 is 20.7 Å². The Balaban J connectivity index is 1.20. The number of aromatic nitrogens is 2. The summed E-state index contributed by atoms with van der Waals surface area (Å²) in [5.41, 5.74) is 11.2. The maximum Gasteiger partial charge on any atom is 0.324 e. The van der Waals surface area contributed by atoms with Crippen LogP contribution in [-0.4, -0.2) is 46.8 Å². The molecule has 0 atom stereocenters. The zero-order valence-corrected chi connectivity index (χ0v) is 27.2. The van der Waals surface area contributed by atoms with E-state index in [1.807, 2.05) is 60.4 Å². The predicted octanol–water partition coefficient (Wildman–Crippen LogP) is 7.46. The predicted molar refractivity (Wildman–Crippen MR) is 181 cm³/mol. The first kappa shape index (κ1) is 31.9. The molecule has 1 saturated heterocycles. The highest BCUT2D eigenvalue weighted by atomic mass is 35.5. The molecule has 4 aromatic rings. The number of nitrogens with zero attached hydrogens (tertiary/aromatic N) is 3. The lowest BCUT2D eigenvalue weighted by Crippen LogP contribution is -2.39. The molecular formula is C35H41ClN6O3. The number of hydrogen-bond donors (Lipinski definition) is 3. The zero-order chi connectivity index (χ0) is 32.3. The highest BCUT2D eigenvalue weighted by Crippen LogP contribution is 2.32. The van der Waals surface area contributed by atoms with E-state index in [-0.39, 0.29) is 17.4 Å². The van der Waals surface area contributed by atoms with Gasteiger partial charge >= 0.3 is 6.03 Å². The number of ether oxygens (including phenoxy) is 1. The maximum atomic E-state index is 13.2. The smallest absolute Gasteiger partial charge is 0.324 e. The molecule has 1 aliphatic heterocycles. The van der Waals surface area contributed by atoms with Gasteiger partial charge in [-0.15, -0.1) is 0 Å². The van der Waals surface area contributed by atoms with E-state index in [9.17, 15) is 9.59 Å². The highest BCUT2D eigenvalue weighted by Gasteiger charge is 2.27. The monoisotopic (exact) mass is 628 g/mol. The van der Waals surface area contributed by atoms with Crippen molar-refractivity contribution in [2.75, 3.05) is 36.6 Å². The highest BCUT2D eigenvalue weighted by molar-refractivity contribution is 6.33. The topological polar surface area (TPSA) is 115 Å². The number of benzene rings is 3. The summed E-state index contributed by atoms with van der Waals surface area (Å²) in [7, 11) is 1.52. The van der Waals surface area contributed by atoms with Crippen molar-refractivity contribution in [3.8, 4) is 11.4 Å². The Kier molecular flexibility index (Phi) is 9.39. The van der Waals surface area contributed by atoms with Crippen molar-refractivity contribution in [2.45, 2.75) is 52.4 Å². The fraction of sp³-hybridized carbons (Fsp3) is 0.343. The second-order valence-corrected chi connectivity index (χ2v) is 13.1. The number of nitrogens with two attached hydrogens (primary N) is 1. The Morgan fingerprint density at radius 1 is 1.02 bits per heavy atom. The summed E-state index contributed by atoms with van der Waals surface area (Å²) >= 11 is 6.19. The fourth-order valence-corrected chi connectivity index (χ4v) is 5.69. The van der Waals surface area contributed by atoms with Gasteiger partial charge in [0.25, 0.3) is 5.91 Å². The van der Waals surface area contributed by atoms with Crippen molar-refractivity contribution in [3.05, 3.63) is 94.1 Å². The summed E-state index contributed by atoms with van der Waals surface area (Å²) in [5, 5.41) is 11.1. The number of nitrogens with one attached hydrogen (secondary N) is 2. The Labute approximate surface area is 269 Å². The largest absolute Gasteiger partial charge is 0.496 e. The van der Waals surface area contributed by atoms with Crippen LogP contribution in [0, 0.1) is 12.8 Å². The molecule has 4 N–H and O–H groups in total. The second kappa shape index (κ2) is 13.2. The number of anilines is 3. The van der Waals surface area contributed by atoms with Crippen LogP contribution in [0.25, 0.3) is 5.69 Å². The number of methoxy groups -OCH3 is 1. The van der Waals surface area contributed by atoms with Crippen LogP contribution in [-0.2, 0) is 11.8 Å². The Morgan fingerprint density at radius 3 is 2.40 bits per heavy atom. The van der Waals surface area contributed by atoms with Crippen molar-refractivity contribution in [1.82, 2.24) is 14.7 Å². The van der Waals surface area contributed by atoms with E-state index in [1.165, 1.54) is 7.11 Å². The van der Waals surface area contributed by atoms with Crippen molar-refractivity contribution in [2.24, 2.45) is 5.92 Å². The molecule has 0 unspecified atom stereocenters. The minimum atomic E-state index is -0.342. The molecule has 2 heterocycles. The number of nitrogen functional groups attached to an aromatic ring is 1. The van der Waals surface area contributed by atoms with E-state index in [1.54, 1.807) is 16.8 Å². The summed E-state index contributed by atoms with van der Waals surface area (Å²) in [6, 6.07) is 20.7. The van der Waals surface area contributed by atoms with Gasteiger partial charge in [0.2, 0.25) is 0 Å². The standard InChI is InChI=1S/C35H41ClN6O3/c1-22-9-11-26(12-10-22)42-32(21-31(40-42)35(2,3)4)39-34(44)38-25-8-6-7-24(18-25)17-23-13-15-41(16-14-23)33(43)27-19-28(36)29(37)20-30(27)45-5/h6-12,18-21,23H,13-17,37H2,1-5H3,(H2,38,39,44). The van der Waals surface area contributed by atoms with Crippen LogP contribution in [0.4, 0.5) is 22.0 Å². The molecule has 3 aromatic carbocycles. The van der Waals surface area contributed by atoms with Gasteiger partial charge in [0.05, 0.1) is 34.8 Å². The molecule has 0 saturated carbocycles. The molecule has 0 radical (unpaired) electrons. The van der Waals surface area contributed by atoms with Crippen LogP contribution in [0.1, 0.15) is 60.8 Å². The van der Waals surface area contributed by atoms with Crippen molar-refractivity contribution >= 4 is 40.7 Å². The summed E-state index contributed by atoms with van der Waals surface area (Å²) in [6.45, 7) is 9.60. The summed E-state index contributed by atoms with van der Waals surface area (Å²) in [5.74, 6) is 1.32. The fourth-order valence-electron chi connectivity index (χ4n) is 5.52. The lowest BCUT2D eigenvalue weighted by molar-refractivity contribution is 0.0687. The Morgan fingerprint density at radius 2 is 1.73 bits per heavy atom. The van der Waals surface area contributed by atoms with Crippen molar-refractivity contribution < 1.29 is 14.3 Å². The summed E-state index contributed by atoms with van der Waals surface area (Å²) in [4.78, 5) is 28.2. The average Bonchev–Trinajstić information content (AvgIpc) is 3.43. The minimum Gasteiger partial charge on any atom is -0.496 e. The summed E-state index contributed by atoms with van der Waals surface area (Å²) in [6.07, 6.45) is 2.59. The van der Waals surface area contributed by atoms with Crippen LogP contribution in [0.5, 0.6) is 5.75 Å². The van der Waals surface area contributed by atoms with Gasteiger partial charge in [-0.25, -0.2) is 9.48 Å². The number of rotatable bonds is 7. The molecular weight excluding hydrogens is 588 g/mol. The third-order valence-electron chi connectivity index (χ3n) is 8.16. The molecule has 0 spiro atoms. The third-order valence-corrected chi connectivity index (χ3v) is 8.49. The van der Waals surface area contributed by atoms with Gasteiger partial charge in [0.15, 0.2) is 0 Å². The summed E-state index contributed by atoms with van der Waals surface area (Å²) < 4.78 is 7.15. The molecule has 1 aromatic heterocycles. The van der Waals surface area contributed by atoms with Gasteiger partial charge in [-0.1, -0.05) is 62.2 Å². The number of aryl methyl sites for hydroxylation is 1. The van der Waals surface area contributed by atoms with Crippen LogP contribution >= 0.6 is 11.6 Å². The molecule has 0 bridgehead atoms. The number of piperidine rings is 1. The second-order valence-electron chi connectivity index (χ2n) is 12.7. The number of hydrogen-bond acceptors (Lipinski definition) is 5. The van der Waals surface area contributed by atoms with E-state index in [0.717, 1.165) is 41.8 Å². The van der Waals surface area contributed by atoms with Crippen molar-refractivity contribution in [1.29, 1.82) is 0 Å². The number of halogens is 1. The van der Waals surface area contributed by atoms with E-state index < -0.39 is 0 Å². The lowest BCUT2D eigenvalue weighted by Gasteiger charge is -2.32. The minimum absolute atomic E-state index is 0.109. The molecule has 10 heteroatoms. The molecule has 236 valence electrons. The lowest BCUT2D eigenvalue weighted by atomic mass is 9.89. The number of urea groups is 1. The quantitative estimate of drug-likeness (QED) is 0.184. The van der Waals surface area contributed by atoms with Gasteiger partial charge in [-0.3, -0.25) is 10.1 Å². The average molecular weight is 629 g/mol. The Bertz CT molecular complexity index is 1680. The van der Waals surface area contributed by atoms with E-state index >= 15 is 0 Å². The van der Waals surface area contributed by atoms with Gasteiger partial charge in [0.1, 0.15) is 11.6 Å². The molecule has 1 fully saturated rings. The maximum absolute atomic E-state index is 13.2. The molecule has 1 aliphatic rings. The van der Waals surface area contributed by atoms with E-state index in [0.29, 0.717) is 52.5 Å². The van der Waals surface area contributed by atoms with E-state index in [2.05, 4.69) is 37.5 Å². The van der Waals surface area contributed by atoms with Crippen LogP contribution in [0.3, 0.4) is 0 Å². The number of carbonyl (C=O) groups excluding carboxylic acids is 2. The first-order valence-corrected chi connectivity index (χ1v) is 15.6. The molecule has 45 heavy (non-hydrogen) atoms. The number of likely N-dealkylation sites (tertiary alicyclic amines) is 1. The Hall–Kier alpha value is -4.50. The van der Waals surface area contributed by atoms with Crippen LogP contribution in [0.15, 0.2) is 66.7 Å². The van der Waals surface area contributed by atoms with Gasteiger partial charge in [-0.2, -0.15) is 5.10 Å². The van der Waals surface area contributed by atoms with Crippen molar-refractivity contribution in [3.63, 3.8) is 0 Å². The number of carbonyl (C=O) groups is 2. The molecule has 0 aliphatic carbocycles. The molecule has 3 amide bonds. The molecule has 5 rings (SSSR count). The van der Waals surface area contributed by atoms with Crippen LogP contribution < -0.4 is 21.1 Å². The van der Waals surface area contributed by atoms with Gasteiger partial charge in [-0.05, 0) is 68.0 Å². The normalized spacial score (nSPS) is 13.9. The van der Waals surface area contributed by atoms with Crippen LogP contribution in [0.2, 0.25) is 5.02 Å². The number of amides is 3.